The molecule has 2 aliphatic rings. The molecule has 1 aliphatic heterocycles. The summed E-state index contributed by atoms with van der Waals surface area (Å²) >= 11 is 0. The number of nitrogens with one attached hydrogen (secondary N) is 1. The van der Waals surface area contributed by atoms with Gasteiger partial charge in [0, 0.05) is 24.6 Å². The van der Waals surface area contributed by atoms with E-state index in [1.807, 2.05) is 6.07 Å². The molecule has 0 bridgehead atoms. The number of aromatic nitrogens is 2. The second-order valence-electron chi connectivity index (χ2n) is 6.02. The Morgan fingerprint density at radius 3 is 2.90 bits per heavy atom. The second-order valence-corrected chi connectivity index (χ2v) is 6.02. The molecule has 5 nitrogen and oxygen atoms in total. The molecule has 1 aromatic rings. The second kappa shape index (κ2) is 6.98. The minimum atomic E-state index is 0.175. The monoisotopic (exact) mass is 289 g/mol. The molecular weight excluding hydrogens is 266 g/mol. The Hall–Kier alpha value is -1.49. The highest BCUT2D eigenvalue weighted by atomic mass is 16.5. The van der Waals surface area contributed by atoms with Gasteiger partial charge in [0.2, 0.25) is 5.91 Å². The summed E-state index contributed by atoms with van der Waals surface area (Å²) in [5.41, 5.74) is 0.886. The Balaban J connectivity index is 1.56. The number of nitrogens with zero attached hydrogens (tertiary/aromatic N) is 2. The lowest BCUT2D eigenvalue weighted by molar-refractivity contribution is -0.124. The van der Waals surface area contributed by atoms with Gasteiger partial charge < -0.3 is 10.1 Å². The van der Waals surface area contributed by atoms with Crippen molar-refractivity contribution in [3.63, 3.8) is 0 Å². The molecule has 21 heavy (non-hydrogen) atoms. The van der Waals surface area contributed by atoms with Crippen molar-refractivity contribution < 1.29 is 9.53 Å². The molecule has 0 unspecified atom stereocenters. The number of carbonyl (C=O) groups is 1. The molecule has 0 spiro atoms. The van der Waals surface area contributed by atoms with Crippen molar-refractivity contribution in [1.82, 2.24) is 15.3 Å². The van der Waals surface area contributed by atoms with E-state index >= 15 is 0 Å². The van der Waals surface area contributed by atoms with Crippen LogP contribution in [0, 0.1) is 5.92 Å². The molecule has 1 aliphatic carbocycles. The lowest BCUT2D eigenvalue weighted by Gasteiger charge is -2.21. The number of carbonyl (C=O) groups excluding carboxylic acids is 1. The summed E-state index contributed by atoms with van der Waals surface area (Å²) in [6.45, 7) is 2.05. The highest BCUT2D eigenvalue weighted by Gasteiger charge is 2.22. The smallest absolute Gasteiger partial charge is 0.223 e. The first-order valence-electron chi connectivity index (χ1n) is 8.00. The van der Waals surface area contributed by atoms with Crippen molar-refractivity contribution in [2.45, 2.75) is 51.0 Å². The first-order chi connectivity index (χ1) is 10.3. The third-order valence-corrected chi connectivity index (χ3v) is 4.43. The molecule has 3 rings (SSSR count). The molecule has 0 aromatic carbocycles. The zero-order chi connectivity index (χ0) is 14.5. The molecule has 1 atom stereocenters. The van der Waals surface area contributed by atoms with Crippen LogP contribution in [0.5, 0.6) is 0 Å². The summed E-state index contributed by atoms with van der Waals surface area (Å²) < 4.78 is 5.49. The van der Waals surface area contributed by atoms with Crippen molar-refractivity contribution in [2.24, 2.45) is 5.92 Å². The van der Waals surface area contributed by atoms with Gasteiger partial charge in [-0.15, -0.1) is 0 Å². The van der Waals surface area contributed by atoms with Crippen LogP contribution in [0.25, 0.3) is 0 Å². The number of hydrogen-bond donors (Lipinski definition) is 1. The molecule has 2 fully saturated rings. The van der Waals surface area contributed by atoms with Crippen molar-refractivity contribution in [3.8, 4) is 0 Å². The Labute approximate surface area is 125 Å². The molecule has 0 radical (unpaired) electrons. The fraction of sp³-hybridized carbons (Fsp3) is 0.688. The van der Waals surface area contributed by atoms with Gasteiger partial charge in [-0.3, -0.25) is 4.79 Å². The van der Waals surface area contributed by atoms with Crippen molar-refractivity contribution in [3.05, 3.63) is 23.8 Å². The summed E-state index contributed by atoms with van der Waals surface area (Å²) in [4.78, 5) is 21.0. The molecule has 1 amide bonds. The summed E-state index contributed by atoms with van der Waals surface area (Å²) in [7, 11) is 0. The maximum Gasteiger partial charge on any atom is 0.223 e. The summed E-state index contributed by atoms with van der Waals surface area (Å²) in [6, 6.07) is 1.88. The average Bonchev–Trinajstić information content (AvgIpc) is 3.08. The molecule has 1 aromatic heterocycles. The van der Waals surface area contributed by atoms with Crippen LogP contribution in [-0.2, 0) is 16.1 Å². The molecule has 1 saturated carbocycles. The van der Waals surface area contributed by atoms with E-state index in [1.54, 1.807) is 6.20 Å². The lowest BCUT2D eigenvalue weighted by atomic mass is 10.0. The standard InChI is InChI=1S/C16H23N3O2/c20-16(12-4-1-2-5-12)18-10-14-7-8-17-15(19-14)13-6-3-9-21-11-13/h7-8,12-13H,1-6,9-11H2,(H,18,20)/t13-/m1/s1. The quantitative estimate of drug-likeness (QED) is 0.922. The van der Waals surface area contributed by atoms with Gasteiger partial charge in [0.05, 0.1) is 18.8 Å². The predicted octanol–water partition coefficient (Wildman–Crippen LogP) is 2.18. The van der Waals surface area contributed by atoms with Gasteiger partial charge in [0.25, 0.3) is 0 Å². The number of amides is 1. The van der Waals surface area contributed by atoms with Crippen LogP contribution in [0.1, 0.15) is 56.0 Å². The van der Waals surface area contributed by atoms with E-state index in [-0.39, 0.29) is 11.8 Å². The van der Waals surface area contributed by atoms with E-state index in [1.165, 1.54) is 12.8 Å². The topological polar surface area (TPSA) is 64.1 Å². The molecule has 1 N–H and O–H groups in total. The third-order valence-electron chi connectivity index (χ3n) is 4.43. The zero-order valence-corrected chi connectivity index (χ0v) is 12.4. The highest BCUT2D eigenvalue weighted by molar-refractivity contribution is 5.78. The van der Waals surface area contributed by atoms with Crippen LogP contribution < -0.4 is 5.32 Å². The van der Waals surface area contributed by atoms with E-state index < -0.39 is 0 Å². The Morgan fingerprint density at radius 1 is 1.29 bits per heavy atom. The number of hydrogen-bond acceptors (Lipinski definition) is 4. The van der Waals surface area contributed by atoms with Crippen LogP contribution in [0.15, 0.2) is 12.3 Å². The van der Waals surface area contributed by atoms with E-state index in [0.717, 1.165) is 43.8 Å². The van der Waals surface area contributed by atoms with Crippen LogP contribution in [0.2, 0.25) is 0 Å². The molecular formula is C16H23N3O2. The fourth-order valence-electron chi connectivity index (χ4n) is 3.16. The van der Waals surface area contributed by atoms with Gasteiger partial charge in [0.1, 0.15) is 5.82 Å². The SMILES string of the molecule is O=C(NCc1ccnc([C@@H]2CCCOC2)n1)C1CCCC1. The van der Waals surface area contributed by atoms with E-state index in [9.17, 15) is 4.79 Å². The summed E-state index contributed by atoms with van der Waals surface area (Å²) in [5, 5.41) is 3.01. The van der Waals surface area contributed by atoms with Crippen molar-refractivity contribution in [2.75, 3.05) is 13.2 Å². The minimum Gasteiger partial charge on any atom is -0.381 e. The summed E-state index contributed by atoms with van der Waals surface area (Å²) in [5.74, 6) is 1.53. The third kappa shape index (κ3) is 3.79. The van der Waals surface area contributed by atoms with Crippen LogP contribution in [0.3, 0.4) is 0 Å². The maximum atomic E-state index is 12.0. The van der Waals surface area contributed by atoms with Gasteiger partial charge in [-0.2, -0.15) is 0 Å². The van der Waals surface area contributed by atoms with Gasteiger partial charge in [-0.25, -0.2) is 9.97 Å². The van der Waals surface area contributed by atoms with E-state index in [2.05, 4.69) is 15.3 Å². The van der Waals surface area contributed by atoms with Gasteiger partial charge >= 0.3 is 0 Å². The van der Waals surface area contributed by atoms with Crippen LogP contribution in [0.4, 0.5) is 0 Å². The zero-order valence-electron chi connectivity index (χ0n) is 12.4. The van der Waals surface area contributed by atoms with Crippen LogP contribution in [-0.4, -0.2) is 29.1 Å². The maximum absolute atomic E-state index is 12.0. The minimum absolute atomic E-state index is 0.175. The predicted molar refractivity (Wildman–Crippen MR) is 78.6 cm³/mol. The molecule has 114 valence electrons. The van der Waals surface area contributed by atoms with Crippen molar-refractivity contribution in [1.29, 1.82) is 0 Å². The molecule has 5 heteroatoms. The molecule has 1 saturated heterocycles. The Kier molecular flexibility index (Phi) is 4.80. The Morgan fingerprint density at radius 2 is 2.14 bits per heavy atom. The Bertz CT molecular complexity index is 480. The van der Waals surface area contributed by atoms with Gasteiger partial charge in [-0.05, 0) is 31.7 Å². The lowest BCUT2D eigenvalue weighted by Crippen LogP contribution is -2.29. The van der Waals surface area contributed by atoms with Crippen molar-refractivity contribution >= 4 is 5.91 Å². The largest absolute Gasteiger partial charge is 0.381 e. The van der Waals surface area contributed by atoms with Gasteiger partial charge in [0.15, 0.2) is 0 Å². The summed E-state index contributed by atoms with van der Waals surface area (Å²) in [6.07, 6.45) is 8.35. The van der Waals surface area contributed by atoms with Crippen LogP contribution >= 0.6 is 0 Å². The average molecular weight is 289 g/mol. The van der Waals surface area contributed by atoms with Gasteiger partial charge in [-0.1, -0.05) is 12.8 Å². The first kappa shape index (κ1) is 14.4. The number of rotatable bonds is 4. The fourth-order valence-corrected chi connectivity index (χ4v) is 3.16. The number of ether oxygens (including phenoxy) is 1. The first-order valence-corrected chi connectivity index (χ1v) is 8.00. The molecule has 2 heterocycles. The highest BCUT2D eigenvalue weighted by Crippen LogP contribution is 2.25. The van der Waals surface area contributed by atoms with E-state index in [4.69, 9.17) is 4.74 Å². The van der Waals surface area contributed by atoms with E-state index in [0.29, 0.717) is 19.1 Å². The normalized spacial score (nSPS) is 23.1.